The number of amides is 1. The van der Waals surface area contributed by atoms with Gasteiger partial charge in [0.05, 0.1) is 35.1 Å². The van der Waals surface area contributed by atoms with Gasteiger partial charge in [-0.1, -0.05) is 5.21 Å². The number of aromatic nitrogens is 5. The molecule has 0 aromatic carbocycles. The Balaban J connectivity index is 0.00000196. The second-order valence-electron chi connectivity index (χ2n) is 5.60. The van der Waals surface area contributed by atoms with Crippen LogP contribution in [0.15, 0.2) is 24.8 Å². The van der Waals surface area contributed by atoms with Crippen LogP contribution in [0.2, 0.25) is 0 Å². The normalized spacial score (nSPS) is 14.3. The van der Waals surface area contributed by atoms with Crippen molar-refractivity contribution in [2.75, 3.05) is 26.2 Å². The molecule has 3 aromatic rings. The van der Waals surface area contributed by atoms with Crippen LogP contribution in [0.4, 0.5) is 4.39 Å². The minimum atomic E-state index is -0.747. The van der Waals surface area contributed by atoms with E-state index in [-0.39, 0.29) is 28.9 Å². The maximum Gasteiger partial charge on any atom is 0.295 e. The molecule has 0 bridgehead atoms. The minimum absolute atomic E-state index is 0. The molecule has 4 rings (SSSR count). The summed E-state index contributed by atoms with van der Waals surface area (Å²) in [6.07, 6.45) is 5.34. The first-order valence-corrected chi connectivity index (χ1v) is 7.73. The predicted molar refractivity (Wildman–Crippen MR) is 92.0 cm³/mol. The van der Waals surface area contributed by atoms with Crippen LogP contribution in [0.5, 0.6) is 0 Å². The lowest BCUT2D eigenvalue weighted by molar-refractivity contribution is -0.126. The molecule has 0 saturated carbocycles. The van der Waals surface area contributed by atoms with E-state index in [1.54, 1.807) is 6.20 Å². The van der Waals surface area contributed by atoms with Gasteiger partial charge in [0.25, 0.3) is 11.7 Å². The van der Waals surface area contributed by atoms with E-state index < -0.39 is 17.5 Å². The highest BCUT2D eigenvalue weighted by Crippen LogP contribution is 2.26. The first-order valence-electron chi connectivity index (χ1n) is 7.73. The molecule has 1 saturated heterocycles. The molecule has 3 aromatic heterocycles. The average molecular weight is 380 g/mol. The van der Waals surface area contributed by atoms with Gasteiger partial charge >= 0.3 is 0 Å². The fraction of sp³-hybridized carbons (Fsp3) is 0.267. The number of carbonyl (C=O) groups excluding carboxylic acids is 2. The molecule has 1 amide bonds. The zero-order valence-corrected chi connectivity index (χ0v) is 14.3. The van der Waals surface area contributed by atoms with Crippen LogP contribution in [0, 0.1) is 5.82 Å². The number of ketones is 1. The smallest absolute Gasteiger partial charge is 0.295 e. The maximum absolute atomic E-state index is 14.4. The van der Waals surface area contributed by atoms with Gasteiger partial charge in [0.15, 0.2) is 11.6 Å². The summed E-state index contributed by atoms with van der Waals surface area (Å²) in [4.78, 5) is 33.3. The Hall–Kier alpha value is -2.85. The van der Waals surface area contributed by atoms with Crippen molar-refractivity contribution in [2.45, 2.75) is 0 Å². The summed E-state index contributed by atoms with van der Waals surface area (Å²) >= 11 is 0. The summed E-state index contributed by atoms with van der Waals surface area (Å²) in [6.45, 7) is 2.14. The van der Waals surface area contributed by atoms with Crippen LogP contribution < -0.4 is 5.32 Å². The van der Waals surface area contributed by atoms with Gasteiger partial charge < -0.3 is 15.2 Å². The Morgan fingerprint density at radius 1 is 1.23 bits per heavy atom. The molecule has 9 nitrogen and oxygen atoms in total. The van der Waals surface area contributed by atoms with Crippen molar-refractivity contribution in [1.82, 2.24) is 35.2 Å². The first kappa shape index (κ1) is 18.0. The number of rotatable bonds is 3. The van der Waals surface area contributed by atoms with Gasteiger partial charge in [-0.25, -0.2) is 14.1 Å². The minimum Gasteiger partial charge on any atom is -0.357 e. The number of pyridine rings is 1. The van der Waals surface area contributed by atoms with Crippen LogP contribution >= 0.6 is 12.4 Å². The van der Waals surface area contributed by atoms with E-state index in [0.717, 1.165) is 6.20 Å². The molecular formula is C15H15ClFN7O2. The molecule has 1 aliphatic heterocycles. The predicted octanol–water partition coefficient (Wildman–Crippen LogP) is 0.319. The lowest BCUT2D eigenvalue weighted by Gasteiger charge is -2.26. The fourth-order valence-electron chi connectivity index (χ4n) is 2.90. The highest BCUT2D eigenvalue weighted by Gasteiger charge is 2.28. The molecule has 136 valence electrons. The second-order valence-corrected chi connectivity index (χ2v) is 5.60. The maximum atomic E-state index is 14.4. The van der Waals surface area contributed by atoms with Crippen molar-refractivity contribution in [1.29, 1.82) is 0 Å². The number of carbonyl (C=O) groups is 2. The van der Waals surface area contributed by atoms with Crippen LogP contribution in [-0.2, 0) is 4.79 Å². The number of nitrogens with zero attached hydrogens (tertiary/aromatic N) is 5. The molecule has 11 heteroatoms. The quantitative estimate of drug-likeness (QED) is 0.501. The highest BCUT2D eigenvalue weighted by molar-refractivity contribution is 6.45. The lowest BCUT2D eigenvalue weighted by atomic mass is 10.1. The number of nitrogens with one attached hydrogen (secondary N) is 2. The van der Waals surface area contributed by atoms with Crippen LogP contribution in [0.3, 0.4) is 0 Å². The SMILES string of the molecule is Cl.O=C(C(=O)N1CCNCC1)c1c[nH]c2c(-n3ccnn3)ncc(F)c12. The Morgan fingerprint density at radius 2 is 2.00 bits per heavy atom. The van der Waals surface area contributed by atoms with E-state index in [1.165, 1.54) is 22.0 Å². The molecule has 26 heavy (non-hydrogen) atoms. The van der Waals surface area contributed by atoms with Gasteiger partial charge in [-0.05, 0) is 0 Å². The van der Waals surface area contributed by atoms with Crippen LogP contribution in [0.25, 0.3) is 16.7 Å². The summed E-state index contributed by atoms with van der Waals surface area (Å²) in [6, 6.07) is 0. The molecule has 0 radical (unpaired) electrons. The van der Waals surface area contributed by atoms with Gasteiger partial charge in [0, 0.05) is 32.4 Å². The summed E-state index contributed by atoms with van der Waals surface area (Å²) in [5.74, 6) is -1.78. The molecule has 0 unspecified atom stereocenters. The summed E-state index contributed by atoms with van der Waals surface area (Å²) in [5.41, 5.74) is 0.266. The number of halogens is 2. The Labute approximate surface area is 153 Å². The molecule has 2 N–H and O–H groups in total. The van der Waals surface area contributed by atoms with Crippen molar-refractivity contribution in [2.24, 2.45) is 0 Å². The lowest BCUT2D eigenvalue weighted by Crippen LogP contribution is -2.48. The number of aromatic amines is 1. The molecule has 1 fully saturated rings. The molecule has 0 atom stereocenters. The molecule has 0 aliphatic carbocycles. The van der Waals surface area contributed by atoms with Gasteiger partial charge in [0.2, 0.25) is 0 Å². The van der Waals surface area contributed by atoms with E-state index in [2.05, 4.69) is 25.6 Å². The zero-order chi connectivity index (χ0) is 17.4. The van der Waals surface area contributed by atoms with Crippen molar-refractivity contribution >= 4 is 35.0 Å². The molecule has 0 spiro atoms. The van der Waals surface area contributed by atoms with Gasteiger partial charge in [-0.15, -0.1) is 17.5 Å². The third-order valence-electron chi connectivity index (χ3n) is 4.13. The second kappa shape index (κ2) is 7.18. The standard InChI is InChI=1S/C15H14FN7O2.ClH/c16-10-8-19-14(23-6-3-20-21-23)12-11(10)9(7-18-12)13(24)15(25)22-4-1-17-2-5-22;/h3,6-8,17-18H,1-2,4-5H2;1H. The van der Waals surface area contributed by atoms with Crippen molar-refractivity contribution in [3.05, 3.63) is 36.2 Å². The Kier molecular flexibility index (Phi) is 4.96. The van der Waals surface area contributed by atoms with E-state index in [1.807, 2.05) is 0 Å². The number of hydrogen-bond donors (Lipinski definition) is 2. The number of H-pyrrole nitrogens is 1. The van der Waals surface area contributed by atoms with Crippen LogP contribution in [-0.4, -0.2) is 67.7 Å². The zero-order valence-electron chi connectivity index (χ0n) is 13.5. The van der Waals surface area contributed by atoms with E-state index in [0.29, 0.717) is 32.0 Å². The van der Waals surface area contributed by atoms with Crippen LogP contribution in [0.1, 0.15) is 10.4 Å². The number of fused-ring (bicyclic) bond motifs is 1. The van der Waals surface area contributed by atoms with Gasteiger partial charge in [-0.3, -0.25) is 9.59 Å². The monoisotopic (exact) mass is 379 g/mol. The van der Waals surface area contributed by atoms with Gasteiger partial charge in [-0.2, -0.15) is 0 Å². The summed E-state index contributed by atoms with van der Waals surface area (Å²) < 4.78 is 15.7. The van der Waals surface area contributed by atoms with Crippen molar-refractivity contribution in [3.8, 4) is 5.82 Å². The molecule has 1 aliphatic rings. The highest BCUT2D eigenvalue weighted by atomic mass is 35.5. The third-order valence-corrected chi connectivity index (χ3v) is 4.13. The summed E-state index contributed by atoms with van der Waals surface area (Å²) in [5, 5.41) is 10.6. The van der Waals surface area contributed by atoms with Crippen molar-refractivity contribution < 1.29 is 14.0 Å². The van der Waals surface area contributed by atoms with E-state index >= 15 is 0 Å². The molecular weight excluding hydrogens is 365 g/mol. The number of Topliss-reactive ketones (excluding diaryl/α,β-unsaturated/α-hetero) is 1. The third kappa shape index (κ3) is 2.93. The summed E-state index contributed by atoms with van der Waals surface area (Å²) in [7, 11) is 0. The first-order chi connectivity index (χ1) is 12.2. The largest absolute Gasteiger partial charge is 0.357 e. The topological polar surface area (TPSA) is 109 Å². The fourth-order valence-corrected chi connectivity index (χ4v) is 2.90. The molecule has 4 heterocycles. The van der Waals surface area contributed by atoms with Crippen molar-refractivity contribution in [3.63, 3.8) is 0 Å². The van der Waals surface area contributed by atoms with E-state index in [4.69, 9.17) is 0 Å². The number of hydrogen-bond acceptors (Lipinski definition) is 6. The Bertz CT molecular complexity index is 950. The Morgan fingerprint density at radius 3 is 2.69 bits per heavy atom. The number of piperazine rings is 1. The van der Waals surface area contributed by atoms with Gasteiger partial charge in [0.1, 0.15) is 0 Å². The average Bonchev–Trinajstić information content (AvgIpc) is 3.32. The van der Waals surface area contributed by atoms with E-state index in [9.17, 15) is 14.0 Å².